The first kappa shape index (κ1) is 16.8. The average molecular weight is 336 g/mol. The van der Waals surface area contributed by atoms with Crippen molar-refractivity contribution in [3.63, 3.8) is 0 Å². The molecule has 1 unspecified atom stereocenters. The molecule has 0 aromatic rings. The molecule has 19 heavy (non-hydrogen) atoms. The summed E-state index contributed by atoms with van der Waals surface area (Å²) in [6.07, 6.45) is 0.636. The van der Waals surface area contributed by atoms with Gasteiger partial charge in [0.05, 0.1) is 0 Å². The molecule has 1 saturated heterocycles. The number of nitrogens with two attached hydrogens (primary N) is 1. The van der Waals surface area contributed by atoms with Crippen LogP contribution in [0, 0.1) is 0 Å². The van der Waals surface area contributed by atoms with Crippen molar-refractivity contribution in [3.8, 4) is 0 Å². The van der Waals surface area contributed by atoms with Crippen LogP contribution in [0.25, 0.3) is 0 Å². The highest BCUT2D eigenvalue weighted by atomic mass is 79.9. The summed E-state index contributed by atoms with van der Waals surface area (Å²) in [4.78, 5) is 13.8. The molecule has 0 saturated carbocycles. The molecule has 0 aromatic carbocycles. The molecule has 1 fully saturated rings. The van der Waals surface area contributed by atoms with E-state index in [-0.39, 0.29) is 5.91 Å². The molecular weight excluding hydrogens is 310 g/mol. The lowest BCUT2D eigenvalue weighted by molar-refractivity contribution is -0.127. The number of nitrogens with one attached hydrogen (secondary N) is 3. The van der Waals surface area contributed by atoms with E-state index in [1.165, 1.54) is 0 Å². The zero-order valence-electron chi connectivity index (χ0n) is 11.5. The predicted octanol–water partition coefficient (Wildman–Crippen LogP) is -1.29. The van der Waals surface area contributed by atoms with Gasteiger partial charge in [-0.05, 0) is 0 Å². The summed E-state index contributed by atoms with van der Waals surface area (Å²) < 4.78 is 0. The quantitative estimate of drug-likeness (QED) is 0.279. The zero-order valence-corrected chi connectivity index (χ0v) is 13.0. The molecule has 5 N–H and O–H groups in total. The van der Waals surface area contributed by atoms with E-state index in [2.05, 4.69) is 31.9 Å². The third kappa shape index (κ3) is 7.84. The fourth-order valence-electron chi connectivity index (χ4n) is 1.98. The monoisotopic (exact) mass is 335 g/mol. The van der Waals surface area contributed by atoms with Crippen LogP contribution < -0.4 is 21.7 Å². The minimum absolute atomic E-state index is 0.257. The van der Waals surface area contributed by atoms with Crippen molar-refractivity contribution in [3.05, 3.63) is 0 Å². The maximum atomic E-state index is 11.5. The lowest BCUT2D eigenvalue weighted by Gasteiger charge is -2.16. The van der Waals surface area contributed by atoms with Crippen molar-refractivity contribution in [2.24, 2.45) is 5.73 Å². The maximum absolute atomic E-state index is 11.5. The van der Waals surface area contributed by atoms with Gasteiger partial charge in [-0.2, -0.15) is 0 Å². The van der Waals surface area contributed by atoms with E-state index in [4.69, 9.17) is 5.73 Å². The Balaban J connectivity index is 1.82. The molecular formula is C12H26BrN5O. The Bertz CT molecular complexity index is 254. The van der Waals surface area contributed by atoms with Crippen LogP contribution in [0.4, 0.5) is 0 Å². The molecule has 1 aliphatic rings. The van der Waals surface area contributed by atoms with E-state index < -0.39 is 0 Å². The summed E-state index contributed by atoms with van der Waals surface area (Å²) in [5.41, 5.74) is 5.37. The number of amides is 1. The topological polar surface area (TPSA) is 82.4 Å². The number of nitrogens with zero attached hydrogens (tertiary/aromatic N) is 1. The van der Waals surface area contributed by atoms with Crippen molar-refractivity contribution < 1.29 is 4.79 Å². The molecule has 112 valence electrons. The van der Waals surface area contributed by atoms with Gasteiger partial charge in [0.15, 0.2) is 0 Å². The number of rotatable bonds is 11. The molecule has 1 rings (SSSR count). The summed E-state index contributed by atoms with van der Waals surface area (Å²) >= 11 is 3.48. The third-order valence-corrected chi connectivity index (χ3v) is 3.62. The highest BCUT2D eigenvalue weighted by Gasteiger charge is 2.26. The predicted molar refractivity (Wildman–Crippen MR) is 81.6 cm³/mol. The van der Waals surface area contributed by atoms with Gasteiger partial charge in [-0.1, -0.05) is 15.9 Å². The molecule has 0 aromatic heterocycles. The van der Waals surface area contributed by atoms with Crippen LogP contribution in [-0.2, 0) is 4.79 Å². The summed E-state index contributed by atoms with van der Waals surface area (Å²) in [7, 11) is 0. The second-order valence-corrected chi connectivity index (χ2v) is 5.97. The van der Waals surface area contributed by atoms with Crippen LogP contribution in [0.1, 0.15) is 6.42 Å². The Morgan fingerprint density at radius 1 is 1.11 bits per heavy atom. The van der Waals surface area contributed by atoms with Crippen LogP contribution in [0.2, 0.25) is 0 Å². The summed E-state index contributed by atoms with van der Waals surface area (Å²) in [6, 6.07) is 0. The normalized spacial score (nSPS) is 19.4. The van der Waals surface area contributed by atoms with Gasteiger partial charge in [-0.3, -0.25) is 4.79 Å². The minimum atomic E-state index is 0.257. The Labute approximate surface area is 124 Å². The van der Waals surface area contributed by atoms with Gasteiger partial charge in [-0.25, -0.2) is 0 Å². The molecule has 0 radical (unpaired) electrons. The first-order chi connectivity index (χ1) is 9.24. The van der Waals surface area contributed by atoms with E-state index in [0.29, 0.717) is 17.8 Å². The zero-order chi connectivity index (χ0) is 13.9. The number of alkyl halides is 1. The van der Waals surface area contributed by atoms with Crippen LogP contribution in [0.3, 0.4) is 0 Å². The third-order valence-electron chi connectivity index (χ3n) is 3.00. The second kappa shape index (κ2) is 10.6. The molecule has 7 heteroatoms. The fraction of sp³-hybridized carbons (Fsp3) is 0.917. The highest BCUT2D eigenvalue weighted by Crippen LogP contribution is 2.16. The molecule has 0 spiro atoms. The van der Waals surface area contributed by atoms with E-state index in [0.717, 1.165) is 52.4 Å². The highest BCUT2D eigenvalue weighted by molar-refractivity contribution is 9.09. The Morgan fingerprint density at radius 2 is 1.68 bits per heavy atom. The van der Waals surface area contributed by atoms with Crippen LogP contribution >= 0.6 is 15.9 Å². The number of halogens is 1. The lowest BCUT2D eigenvalue weighted by atomic mass is 10.4. The van der Waals surface area contributed by atoms with Gasteiger partial charge in [0, 0.05) is 70.2 Å². The average Bonchev–Trinajstić information content (AvgIpc) is 2.70. The first-order valence-corrected chi connectivity index (χ1v) is 7.89. The van der Waals surface area contributed by atoms with Crippen molar-refractivity contribution in [2.75, 3.05) is 58.9 Å². The molecule has 0 bridgehead atoms. The minimum Gasteiger partial charge on any atom is -0.340 e. The number of hydrogen-bond acceptors (Lipinski definition) is 5. The summed E-state index contributed by atoms with van der Waals surface area (Å²) in [5.74, 6) is 0.257. The van der Waals surface area contributed by atoms with Crippen LogP contribution in [0.5, 0.6) is 0 Å². The van der Waals surface area contributed by atoms with Crippen LogP contribution in [0.15, 0.2) is 0 Å². The number of hydrogen-bond donors (Lipinski definition) is 4. The molecule has 1 heterocycles. The van der Waals surface area contributed by atoms with Gasteiger partial charge < -0.3 is 26.6 Å². The van der Waals surface area contributed by atoms with Gasteiger partial charge in [0.25, 0.3) is 0 Å². The van der Waals surface area contributed by atoms with E-state index in [1.807, 2.05) is 4.90 Å². The van der Waals surface area contributed by atoms with Crippen molar-refractivity contribution in [1.29, 1.82) is 0 Å². The Kier molecular flexibility index (Phi) is 9.36. The second-order valence-electron chi connectivity index (χ2n) is 4.68. The standard InChI is InChI=1S/C12H26BrN5O/c13-11-9-12(19)18(10-11)8-7-17-6-5-16-4-3-15-2-1-14/h11,15-17H,1-10,14H2. The summed E-state index contributed by atoms with van der Waals surface area (Å²) in [5, 5.41) is 9.90. The molecule has 0 aliphatic carbocycles. The number of carbonyl (C=O) groups is 1. The number of likely N-dealkylation sites (tertiary alicyclic amines) is 1. The Morgan fingerprint density at radius 3 is 2.21 bits per heavy atom. The van der Waals surface area contributed by atoms with E-state index in [9.17, 15) is 4.79 Å². The molecule has 1 aliphatic heterocycles. The van der Waals surface area contributed by atoms with Crippen molar-refractivity contribution in [1.82, 2.24) is 20.9 Å². The largest absolute Gasteiger partial charge is 0.340 e. The van der Waals surface area contributed by atoms with Gasteiger partial charge in [0.2, 0.25) is 5.91 Å². The van der Waals surface area contributed by atoms with Crippen molar-refractivity contribution >= 4 is 21.8 Å². The summed E-state index contributed by atoms with van der Waals surface area (Å²) in [6.45, 7) is 7.84. The van der Waals surface area contributed by atoms with Crippen LogP contribution in [-0.4, -0.2) is 74.5 Å². The van der Waals surface area contributed by atoms with Gasteiger partial charge >= 0.3 is 0 Å². The van der Waals surface area contributed by atoms with E-state index in [1.54, 1.807) is 0 Å². The SMILES string of the molecule is NCCNCCNCCNCCN1CC(Br)CC1=O. The van der Waals surface area contributed by atoms with Gasteiger partial charge in [0.1, 0.15) is 0 Å². The van der Waals surface area contributed by atoms with E-state index >= 15 is 0 Å². The smallest absolute Gasteiger partial charge is 0.223 e. The fourth-order valence-corrected chi connectivity index (χ4v) is 2.61. The first-order valence-electron chi connectivity index (χ1n) is 6.98. The molecule has 1 amide bonds. The van der Waals surface area contributed by atoms with Gasteiger partial charge in [-0.15, -0.1) is 0 Å². The van der Waals surface area contributed by atoms with Crippen molar-refractivity contribution in [2.45, 2.75) is 11.2 Å². The molecule has 1 atom stereocenters. The molecule has 6 nitrogen and oxygen atoms in total. The lowest BCUT2D eigenvalue weighted by Crippen LogP contribution is -2.37. The maximum Gasteiger partial charge on any atom is 0.223 e. The number of carbonyl (C=O) groups excluding carboxylic acids is 1. The Hall–Kier alpha value is -0.210.